The lowest BCUT2D eigenvalue weighted by atomic mass is 10.5. The number of aliphatic hydroxyl groups excluding tert-OH is 1. The van der Waals surface area contributed by atoms with Gasteiger partial charge in [-0.3, -0.25) is 4.57 Å². The molecule has 0 atom stereocenters. The molecule has 1 N–H and O–H groups in total. The number of hydrogen-bond donors (Lipinski definition) is 1. The summed E-state index contributed by atoms with van der Waals surface area (Å²) in [4.78, 5) is 4.14. The maximum atomic E-state index is 8.96. The van der Waals surface area contributed by atoms with E-state index in [0.29, 0.717) is 0 Å². The minimum Gasteiger partial charge on any atom is -0.390 e. The van der Waals surface area contributed by atoms with Gasteiger partial charge in [0.1, 0.15) is 0 Å². The van der Waals surface area contributed by atoms with Crippen LogP contribution in [0.5, 0.6) is 0 Å². The van der Waals surface area contributed by atoms with Crippen molar-refractivity contribution in [1.29, 1.82) is 0 Å². The average molecular weight is 180 g/mol. The Hall–Kier alpha value is -1.13. The molecule has 0 fully saturated rings. The van der Waals surface area contributed by atoms with Crippen molar-refractivity contribution in [3.63, 3.8) is 0 Å². The van der Waals surface area contributed by atoms with Gasteiger partial charge in [-0.2, -0.15) is 0 Å². The van der Waals surface area contributed by atoms with E-state index in [1.807, 2.05) is 28.3 Å². The van der Waals surface area contributed by atoms with E-state index in [-0.39, 0.29) is 6.61 Å². The van der Waals surface area contributed by atoms with Crippen molar-refractivity contribution in [1.82, 2.24) is 9.55 Å². The van der Waals surface area contributed by atoms with Crippen LogP contribution in [0.3, 0.4) is 0 Å². The van der Waals surface area contributed by atoms with Crippen LogP contribution in [0.1, 0.15) is 5.69 Å². The molecule has 0 saturated heterocycles. The molecule has 2 rings (SSSR count). The van der Waals surface area contributed by atoms with Crippen LogP contribution in [0, 0.1) is 0 Å². The van der Waals surface area contributed by atoms with Crippen LogP contribution in [0.2, 0.25) is 0 Å². The van der Waals surface area contributed by atoms with Gasteiger partial charge in [0.05, 0.1) is 12.3 Å². The van der Waals surface area contributed by atoms with Crippen molar-refractivity contribution in [2.24, 2.45) is 0 Å². The van der Waals surface area contributed by atoms with E-state index in [0.717, 1.165) is 10.8 Å². The molecular formula is C8H8N2OS. The number of thiazole rings is 1. The molecule has 0 saturated carbocycles. The molecule has 2 heterocycles. The second kappa shape index (κ2) is 3.08. The lowest BCUT2D eigenvalue weighted by molar-refractivity contribution is 0.274. The first kappa shape index (κ1) is 7.52. The first-order chi connectivity index (χ1) is 5.92. The highest BCUT2D eigenvalue weighted by Crippen LogP contribution is 2.14. The molecule has 4 heteroatoms. The normalized spacial score (nSPS) is 10.4. The zero-order chi connectivity index (χ0) is 8.39. The highest BCUT2D eigenvalue weighted by atomic mass is 32.1. The zero-order valence-electron chi connectivity index (χ0n) is 6.34. The van der Waals surface area contributed by atoms with Crippen molar-refractivity contribution < 1.29 is 5.11 Å². The summed E-state index contributed by atoms with van der Waals surface area (Å²) >= 11 is 1.55. The van der Waals surface area contributed by atoms with Crippen LogP contribution in [0.15, 0.2) is 29.9 Å². The van der Waals surface area contributed by atoms with Crippen LogP contribution in [-0.2, 0) is 6.61 Å². The van der Waals surface area contributed by atoms with Crippen LogP contribution in [-0.4, -0.2) is 14.7 Å². The van der Waals surface area contributed by atoms with Gasteiger partial charge < -0.3 is 5.11 Å². The molecule has 0 aromatic carbocycles. The smallest absolute Gasteiger partial charge is 0.193 e. The molecule has 0 amide bonds. The topological polar surface area (TPSA) is 38.0 Å². The molecule has 0 aliphatic rings. The molecule has 2 aromatic rings. The first-order valence-corrected chi connectivity index (χ1v) is 4.47. The summed E-state index contributed by atoms with van der Waals surface area (Å²) < 4.78 is 1.88. The largest absolute Gasteiger partial charge is 0.390 e. The molecule has 0 unspecified atom stereocenters. The van der Waals surface area contributed by atoms with Gasteiger partial charge in [-0.15, -0.1) is 11.3 Å². The molecule has 12 heavy (non-hydrogen) atoms. The minimum atomic E-state index is 0.0482. The Morgan fingerprint density at radius 1 is 1.58 bits per heavy atom. The van der Waals surface area contributed by atoms with Gasteiger partial charge in [0.2, 0.25) is 0 Å². The van der Waals surface area contributed by atoms with Crippen LogP contribution in [0.4, 0.5) is 0 Å². The predicted molar refractivity (Wildman–Crippen MR) is 47.4 cm³/mol. The summed E-state index contributed by atoms with van der Waals surface area (Å²) in [5, 5.41) is 11.8. The number of hydrogen-bond acceptors (Lipinski definition) is 3. The van der Waals surface area contributed by atoms with Crippen LogP contribution in [0.25, 0.3) is 5.13 Å². The number of nitrogens with zero attached hydrogens (tertiary/aromatic N) is 2. The Morgan fingerprint density at radius 2 is 2.50 bits per heavy atom. The molecule has 0 bridgehead atoms. The number of aromatic nitrogens is 2. The lowest BCUT2D eigenvalue weighted by Crippen LogP contribution is -1.96. The average Bonchev–Trinajstić information content (AvgIpc) is 2.74. The second-order valence-electron chi connectivity index (χ2n) is 2.34. The highest BCUT2D eigenvalue weighted by molar-refractivity contribution is 7.12. The van der Waals surface area contributed by atoms with Gasteiger partial charge in [-0.25, -0.2) is 4.98 Å². The maximum absolute atomic E-state index is 8.96. The molecule has 62 valence electrons. The van der Waals surface area contributed by atoms with E-state index >= 15 is 0 Å². The molecule has 0 aliphatic carbocycles. The Labute approximate surface area is 73.9 Å². The molecule has 0 aliphatic heterocycles. The Kier molecular flexibility index (Phi) is 1.93. The van der Waals surface area contributed by atoms with Gasteiger partial charge in [-0.1, -0.05) is 0 Å². The van der Waals surface area contributed by atoms with E-state index in [2.05, 4.69) is 4.98 Å². The van der Waals surface area contributed by atoms with Crippen molar-refractivity contribution >= 4 is 11.3 Å². The molecule has 0 radical (unpaired) electrons. The van der Waals surface area contributed by atoms with Gasteiger partial charge >= 0.3 is 0 Å². The monoisotopic (exact) mass is 180 g/mol. The van der Waals surface area contributed by atoms with Crippen LogP contribution >= 0.6 is 11.3 Å². The van der Waals surface area contributed by atoms with Crippen molar-refractivity contribution in [2.75, 3.05) is 0 Å². The SMILES string of the molecule is OCc1cccn1-c1nccs1. The standard InChI is InChI=1S/C8H8N2OS/c11-6-7-2-1-4-10(7)8-9-3-5-12-8/h1-5,11H,6H2. The van der Waals surface area contributed by atoms with E-state index in [4.69, 9.17) is 5.11 Å². The number of aliphatic hydroxyl groups is 1. The summed E-state index contributed by atoms with van der Waals surface area (Å²) in [6.07, 6.45) is 3.64. The predicted octanol–water partition coefficient (Wildman–Crippen LogP) is 1.43. The zero-order valence-corrected chi connectivity index (χ0v) is 7.16. The highest BCUT2D eigenvalue weighted by Gasteiger charge is 2.02. The lowest BCUT2D eigenvalue weighted by Gasteiger charge is -2.00. The summed E-state index contributed by atoms with van der Waals surface area (Å²) in [5.74, 6) is 0. The Bertz CT molecular complexity index is 353. The van der Waals surface area contributed by atoms with E-state index in [9.17, 15) is 0 Å². The van der Waals surface area contributed by atoms with Gasteiger partial charge in [0.25, 0.3) is 0 Å². The summed E-state index contributed by atoms with van der Waals surface area (Å²) in [6.45, 7) is 0.0482. The molecule has 3 nitrogen and oxygen atoms in total. The van der Waals surface area contributed by atoms with E-state index in [1.165, 1.54) is 0 Å². The van der Waals surface area contributed by atoms with Gasteiger partial charge in [0, 0.05) is 17.8 Å². The third kappa shape index (κ3) is 1.15. The molecular weight excluding hydrogens is 172 g/mol. The third-order valence-corrected chi connectivity index (χ3v) is 2.39. The van der Waals surface area contributed by atoms with Gasteiger partial charge in [0.15, 0.2) is 5.13 Å². The Morgan fingerprint density at radius 3 is 3.17 bits per heavy atom. The van der Waals surface area contributed by atoms with Gasteiger partial charge in [-0.05, 0) is 12.1 Å². The minimum absolute atomic E-state index is 0.0482. The fourth-order valence-electron chi connectivity index (χ4n) is 1.07. The fraction of sp³-hybridized carbons (Fsp3) is 0.125. The second-order valence-corrected chi connectivity index (χ2v) is 3.22. The summed E-state index contributed by atoms with van der Waals surface area (Å²) in [5.41, 5.74) is 0.866. The first-order valence-electron chi connectivity index (χ1n) is 3.59. The van der Waals surface area contributed by atoms with Crippen molar-refractivity contribution in [3.05, 3.63) is 35.6 Å². The van der Waals surface area contributed by atoms with E-state index in [1.54, 1.807) is 17.5 Å². The van der Waals surface area contributed by atoms with Crippen molar-refractivity contribution in [2.45, 2.75) is 6.61 Å². The maximum Gasteiger partial charge on any atom is 0.193 e. The summed E-state index contributed by atoms with van der Waals surface area (Å²) in [6, 6.07) is 3.77. The fourth-order valence-corrected chi connectivity index (χ4v) is 1.72. The number of rotatable bonds is 2. The third-order valence-electron chi connectivity index (χ3n) is 1.62. The quantitative estimate of drug-likeness (QED) is 0.759. The van der Waals surface area contributed by atoms with Crippen molar-refractivity contribution in [3.8, 4) is 5.13 Å². The van der Waals surface area contributed by atoms with E-state index < -0.39 is 0 Å². The molecule has 2 aromatic heterocycles. The van der Waals surface area contributed by atoms with Crippen LogP contribution < -0.4 is 0 Å². The molecule has 0 spiro atoms. The Balaban J connectivity index is 2.46. The summed E-state index contributed by atoms with van der Waals surface area (Å²) in [7, 11) is 0.